The van der Waals surface area contributed by atoms with E-state index in [0.717, 1.165) is 16.9 Å². The molecule has 8 heteroatoms. The lowest BCUT2D eigenvalue weighted by molar-refractivity contribution is -0.132. The number of carbonyl (C=O) groups is 2. The molecule has 112 valence electrons. The quantitative estimate of drug-likeness (QED) is 0.860. The Morgan fingerprint density at radius 1 is 1.40 bits per heavy atom. The van der Waals surface area contributed by atoms with Crippen LogP contribution < -0.4 is 5.32 Å². The number of nitrogens with zero attached hydrogens (tertiary/aromatic N) is 2. The molecule has 0 saturated carbocycles. The van der Waals surface area contributed by atoms with Crippen molar-refractivity contribution in [3.8, 4) is 0 Å². The van der Waals surface area contributed by atoms with Crippen molar-refractivity contribution in [2.75, 3.05) is 39.8 Å². The van der Waals surface area contributed by atoms with Crippen molar-refractivity contribution in [3.63, 3.8) is 0 Å². The van der Waals surface area contributed by atoms with Crippen LogP contribution in [0.1, 0.15) is 9.67 Å². The molecule has 0 unspecified atom stereocenters. The third kappa shape index (κ3) is 4.44. The van der Waals surface area contributed by atoms with Gasteiger partial charge in [-0.3, -0.25) is 9.59 Å². The fraction of sp³-hybridized carbons (Fsp3) is 0.500. The fourth-order valence-corrected chi connectivity index (χ4v) is 3.29. The van der Waals surface area contributed by atoms with E-state index in [-0.39, 0.29) is 30.8 Å². The zero-order valence-corrected chi connectivity index (χ0v) is 14.3. The Bertz CT molecular complexity index is 477. The second-order valence-corrected chi connectivity index (χ2v) is 6.86. The predicted octanol–water partition coefficient (Wildman–Crippen LogP) is 1.44. The van der Waals surface area contributed by atoms with Gasteiger partial charge in [0, 0.05) is 33.2 Å². The molecule has 0 aromatic carbocycles. The monoisotopic (exact) mass is 381 g/mol. The number of rotatable bonds is 3. The van der Waals surface area contributed by atoms with Gasteiger partial charge in [-0.05, 0) is 28.1 Å². The molecule has 0 spiro atoms. The smallest absolute Gasteiger partial charge is 0.264 e. The zero-order chi connectivity index (χ0) is 13.8. The molecule has 20 heavy (non-hydrogen) atoms. The molecule has 2 rings (SSSR count). The molecule has 1 aromatic heterocycles. The van der Waals surface area contributed by atoms with Gasteiger partial charge in [0.25, 0.3) is 5.91 Å². The molecular weight excluding hydrogens is 366 g/mol. The standard InChI is InChI=1S/C12H16BrN3O2S.ClH/c1-15(12(18)9-2-3-10(13)19-9)8-11(17)16-6-4-14-5-7-16;/h2-3,14H,4-8H2,1H3;1H. The second-order valence-electron chi connectivity index (χ2n) is 4.40. The first kappa shape index (κ1) is 17.4. The van der Waals surface area contributed by atoms with E-state index in [1.165, 1.54) is 16.2 Å². The number of carbonyl (C=O) groups excluding carboxylic acids is 2. The molecule has 2 amide bonds. The Morgan fingerprint density at radius 3 is 2.60 bits per heavy atom. The van der Waals surface area contributed by atoms with Crippen molar-refractivity contribution in [2.24, 2.45) is 0 Å². The van der Waals surface area contributed by atoms with Crippen LogP contribution in [0.25, 0.3) is 0 Å². The van der Waals surface area contributed by atoms with Crippen LogP contribution in [0.5, 0.6) is 0 Å². The Kier molecular flexibility index (Phi) is 6.94. The summed E-state index contributed by atoms with van der Waals surface area (Å²) in [6.07, 6.45) is 0. The highest BCUT2D eigenvalue weighted by atomic mass is 79.9. The Balaban J connectivity index is 0.00000200. The van der Waals surface area contributed by atoms with Crippen LogP contribution in [0.15, 0.2) is 15.9 Å². The van der Waals surface area contributed by atoms with Gasteiger partial charge in [0.15, 0.2) is 0 Å². The average Bonchev–Trinajstić information content (AvgIpc) is 2.85. The molecule has 0 radical (unpaired) electrons. The molecule has 0 bridgehead atoms. The molecule has 1 N–H and O–H groups in total. The first-order valence-corrected chi connectivity index (χ1v) is 7.68. The van der Waals surface area contributed by atoms with Gasteiger partial charge in [0.05, 0.1) is 15.2 Å². The fourth-order valence-electron chi connectivity index (χ4n) is 1.91. The lowest BCUT2D eigenvalue weighted by atomic mass is 10.3. The van der Waals surface area contributed by atoms with Crippen molar-refractivity contribution in [3.05, 3.63) is 20.8 Å². The molecule has 0 atom stereocenters. The van der Waals surface area contributed by atoms with E-state index in [0.29, 0.717) is 18.0 Å². The number of hydrogen-bond acceptors (Lipinski definition) is 4. The molecule has 1 aliphatic heterocycles. The van der Waals surface area contributed by atoms with Gasteiger partial charge in [-0.15, -0.1) is 23.7 Å². The van der Waals surface area contributed by atoms with Crippen molar-refractivity contribution in [1.29, 1.82) is 0 Å². The van der Waals surface area contributed by atoms with Gasteiger partial charge in [-0.25, -0.2) is 0 Å². The lowest BCUT2D eigenvalue weighted by Gasteiger charge is -2.29. The number of nitrogens with one attached hydrogen (secondary N) is 1. The highest BCUT2D eigenvalue weighted by Crippen LogP contribution is 2.23. The first-order chi connectivity index (χ1) is 9.08. The van der Waals surface area contributed by atoms with Crippen LogP contribution in [-0.2, 0) is 4.79 Å². The van der Waals surface area contributed by atoms with E-state index in [2.05, 4.69) is 21.2 Å². The summed E-state index contributed by atoms with van der Waals surface area (Å²) in [7, 11) is 1.66. The van der Waals surface area contributed by atoms with Gasteiger partial charge >= 0.3 is 0 Å². The minimum atomic E-state index is -0.112. The third-order valence-electron chi connectivity index (χ3n) is 2.97. The van der Waals surface area contributed by atoms with Crippen molar-refractivity contribution in [1.82, 2.24) is 15.1 Å². The van der Waals surface area contributed by atoms with E-state index in [1.807, 2.05) is 6.07 Å². The summed E-state index contributed by atoms with van der Waals surface area (Å²) in [6, 6.07) is 3.60. The van der Waals surface area contributed by atoms with Crippen LogP contribution in [0, 0.1) is 0 Å². The number of piperazine rings is 1. The van der Waals surface area contributed by atoms with Crippen molar-refractivity contribution >= 4 is 51.5 Å². The highest BCUT2D eigenvalue weighted by molar-refractivity contribution is 9.11. The van der Waals surface area contributed by atoms with Crippen LogP contribution in [-0.4, -0.2) is 61.4 Å². The van der Waals surface area contributed by atoms with E-state index in [4.69, 9.17) is 0 Å². The summed E-state index contributed by atoms with van der Waals surface area (Å²) in [5, 5.41) is 3.20. The van der Waals surface area contributed by atoms with E-state index < -0.39 is 0 Å². The maximum atomic E-state index is 12.1. The van der Waals surface area contributed by atoms with Gasteiger partial charge < -0.3 is 15.1 Å². The summed E-state index contributed by atoms with van der Waals surface area (Å²) in [5.41, 5.74) is 0. The second kappa shape index (κ2) is 7.97. The molecule has 5 nitrogen and oxygen atoms in total. The summed E-state index contributed by atoms with van der Waals surface area (Å²) >= 11 is 4.71. The lowest BCUT2D eigenvalue weighted by Crippen LogP contribution is -2.49. The number of thiophene rings is 1. The Labute approximate surface area is 136 Å². The van der Waals surface area contributed by atoms with E-state index >= 15 is 0 Å². The van der Waals surface area contributed by atoms with Crippen LogP contribution >= 0.6 is 39.7 Å². The zero-order valence-electron chi connectivity index (χ0n) is 11.1. The predicted molar refractivity (Wildman–Crippen MR) is 85.7 cm³/mol. The molecular formula is C12H17BrClN3O2S. The number of likely N-dealkylation sites (N-methyl/N-ethyl adjacent to an activating group) is 1. The van der Waals surface area contributed by atoms with E-state index in [9.17, 15) is 9.59 Å². The van der Waals surface area contributed by atoms with Crippen LogP contribution in [0.3, 0.4) is 0 Å². The summed E-state index contributed by atoms with van der Waals surface area (Å²) in [4.78, 5) is 28.1. The average molecular weight is 383 g/mol. The summed E-state index contributed by atoms with van der Waals surface area (Å²) in [5.74, 6) is -0.104. The highest BCUT2D eigenvalue weighted by Gasteiger charge is 2.21. The van der Waals surface area contributed by atoms with Crippen LogP contribution in [0.4, 0.5) is 0 Å². The molecule has 1 aromatic rings. The normalized spacial score (nSPS) is 14.6. The minimum Gasteiger partial charge on any atom is -0.339 e. The van der Waals surface area contributed by atoms with Crippen molar-refractivity contribution in [2.45, 2.75) is 0 Å². The Morgan fingerprint density at radius 2 is 2.05 bits per heavy atom. The van der Waals surface area contributed by atoms with E-state index in [1.54, 1.807) is 18.0 Å². The number of hydrogen-bond donors (Lipinski definition) is 1. The van der Waals surface area contributed by atoms with Crippen molar-refractivity contribution < 1.29 is 9.59 Å². The SMILES string of the molecule is CN(CC(=O)N1CCNCC1)C(=O)c1ccc(Br)s1.Cl. The largest absolute Gasteiger partial charge is 0.339 e. The number of amides is 2. The summed E-state index contributed by atoms with van der Waals surface area (Å²) in [6.45, 7) is 3.20. The van der Waals surface area contributed by atoms with Gasteiger partial charge in [-0.2, -0.15) is 0 Å². The number of halogens is 2. The minimum absolute atomic E-state index is 0. The molecule has 2 heterocycles. The molecule has 0 aliphatic carbocycles. The van der Waals surface area contributed by atoms with Gasteiger partial charge in [0.1, 0.15) is 0 Å². The molecule has 1 saturated heterocycles. The third-order valence-corrected chi connectivity index (χ3v) is 4.58. The molecule has 1 aliphatic rings. The summed E-state index contributed by atoms with van der Waals surface area (Å²) < 4.78 is 0.915. The topological polar surface area (TPSA) is 52.7 Å². The van der Waals surface area contributed by atoms with Gasteiger partial charge in [0.2, 0.25) is 5.91 Å². The Hall–Kier alpha value is -0.630. The van der Waals surface area contributed by atoms with Crippen LogP contribution in [0.2, 0.25) is 0 Å². The maximum absolute atomic E-state index is 12.1. The van der Waals surface area contributed by atoms with Gasteiger partial charge in [-0.1, -0.05) is 0 Å². The molecule has 1 fully saturated rings. The first-order valence-electron chi connectivity index (χ1n) is 6.07. The maximum Gasteiger partial charge on any atom is 0.264 e.